The van der Waals surface area contributed by atoms with Gasteiger partial charge in [0.25, 0.3) is 0 Å². The van der Waals surface area contributed by atoms with Crippen LogP contribution < -0.4 is 10.6 Å². The Morgan fingerprint density at radius 1 is 1.12 bits per heavy atom. The number of rotatable bonds is 3. The van der Waals surface area contributed by atoms with E-state index in [-0.39, 0.29) is 11.8 Å². The number of benzene rings is 1. The van der Waals surface area contributed by atoms with Gasteiger partial charge >= 0.3 is 0 Å². The first-order valence-electron chi connectivity index (χ1n) is 9.26. The summed E-state index contributed by atoms with van der Waals surface area (Å²) in [7, 11) is 0. The van der Waals surface area contributed by atoms with E-state index in [0.717, 1.165) is 49.3 Å². The highest BCUT2D eigenvalue weighted by Gasteiger charge is 2.41. The fourth-order valence-corrected chi connectivity index (χ4v) is 4.83. The molecule has 1 aliphatic carbocycles. The molecule has 0 spiro atoms. The molecular weight excluding hydrogens is 354 g/mol. The van der Waals surface area contributed by atoms with Crippen molar-refractivity contribution in [3.63, 3.8) is 0 Å². The molecule has 2 aliphatic heterocycles. The smallest absolute Gasteiger partial charge is 0.223 e. The van der Waals surface area contributed by atoms with Gasteiger partial charge in [-0.1, -0.05) is 23.7 Å². The molecule has 2 N–H and O–H groups in total. The summed E-state index contributed by atoms with van der Waals surface area (Å²) in [4.78, 5) is 14.5. The predicted molar refractivity (Wildman–Crippen MR) is 105 cm³/mol. The molecule has 6 heteroatoms. The molecule has 4 rings (SSSR count). The minimum atomic E-state index is 0.258. The van der Waals surface area contributed by atoms with Gasteiger partial charge in [0.05, 0.1) is 10.7 Å². The Morgan fingerprint density at radius 3 is 2.44 bits per heavy atom. The number of nitrogens with one attached hydrogen (secondary N) is 2. The van der Waals surface area contributed by atoms with Gasteiger partial charge in [0.2, 0.25) is 5.91 Å². The van der Waals surface area contributed by atoms with Gasteiger partial charge in [0.15, 0.2) is 5.11 Å². The van der Waals surface area contributed by atoms with Gasteiger partial charge < -0.3 is 15.5 Å². The van der Waals surface area contributed by atoms with Crippen LogP contribution in [0.15, 0.2) is 24.3 Å². The molecule has 25 heavy (non-hydrogen) atoms. The van der Waals surface area contributed by atoms with Gasteiger partial charge in [0.1, 0.15) is 0 Å². The molecule has 1 amide bonds. The average Bonchev–Trinajstić information content (AvgIpc) is 3.41. The first kappa shape index (κ1) is 17.1. The monoisotopic (exact) mass is 377 g/mol. The zero-order valence-corrected chi connectivity index (χ0v) is 15.8. The number of anilines is 1. The first-order chi connectivity index (χ1) is 12.1. The molecule has 1 saturated carbocycles. The minimum Gasteiger partial charge on any atom is -0.353 e. The molecule has 2 heterocycles. The topological polar surface area (TPSA) is 44.4 Å². The van der Waals surface area contributed by atoms with Crippen molar-refractivity contribution >= 4 is 40.5 Å². The largest absolute Gasteiger partial charge is 0.353 e. The molecule has 0 unspecified atom stereocenters. The third-order valence-electron chi connectivity index (χ3n) is 5.62. The van der Waals surface area contributed by atoms with Crippen LogP contribution >= 0.6 is 23.8 Å². The molecular formula is C19H24ClN3OS. The molecule has 0 aromatic heterocycles. The summed E-state index contributed by atoms with van der Waals surface area (Å²) in [5.74, 6) is 0.536. The van der Waals surface area contributed by atoms with E-state index in [4.69, 9.17) is 23.8 Å². The molecule has 3 fully saturated rings. The summed E-state index contributed by atoms with van der Waals surface area (Å²) in [6.07, 6.45) is 7.60. The lowest BCUT2D eigenvalue weighted by Crippen LogP contribution is -2.59. The Kier molecular flexibility index (Phi) is 4.87. The van der Waals surface area contributed by atoms with Crippen LogP contribution in [0.3, 0.4) is 0 Å². The van der Waals surface area contributed by atoms with Crippen molar-refractivity contribution in [2.24, 2.45) is 5.92 Å². The van der Waals surface area contributed by atoms with Crippen molar-refractivity contribution in [1.29, 1.82) is 0 Å². The van der Waals surface area contributed by atoms with Crippen LogP contribution in [0.4, 0.5) is 5.69 Å². The SMILES string of the molecule is O=C(NC1C[C@H]2CCC[C@H](C1)N2C(=S)Nc1ccccc1Cl)C1CC1. The van der Waals surface area contributed by atoms with Crippen LogP contribution in [0, 0.1) is 5.92 Å². The standard InChI is InChI=1S/C19H24ClN3OS/c20-16-6-1-2-7-17(16)22-19(25)23-14-4-3-5-15(23)11-13(10-14)21-18(24)12-8-9-12/h1-2,6-7,12-15H,3-5,8-11H2,(H,21,24)(H,22,25)/t14-,15-/m1/s1. The maximum atomic E-state index is 12.1. The van der Waals surface area contributed by atoms with Crippen molar-refractivity contribution < 1.29 is 4.79 Å². The highest BCUT2D eigenvalue weighted by molar-refractivity contribution is 7.80. The number of para-hydroxylation sites is 1. The van der Waals surface area contributed by atoms with Crippen molar-refractivity contribution in [3.8, 4) is 0 Å². The number of fused-ring (bicyclic) bond motifs is 2. The van der Waals surface area contributed by atoms with Crippen molar-refractivity contribution in [2.75, 3.05) is 5.32 Å². The van der Waals surface area contributed by atoms with Crippen LogP contribution in [0.25, 0.3) is 0 Å². The van der Waals surface area contributed by atoms with E-state index in [9.17, 15) is 4.79 Å². The zero-order chi connectivity index (χ0) is 17.4. The van der Waals surface area contributed by atoms with Gasteiger partial charge in [-0.05, 0) is 69.3 Å². The van der Waals surface area contributed by atoms with Gasteiger partial charge in [-0.2, -0.15) is 0 Å². The Morgan fingerprint density at radius 2 is 1.80 bits per heavy atom. The van der Waals surface area contributed by atoms with E-state index in [1.165, 1.54) is 6.42 Å². The molecule has 3 aliphatic rings. The fourth-order valence-electron chi connectivity index (χ4n) is 4.24. The quantitative estimate of drug-likeness (QED) is 0.783. The summed E-state index contributed by atoms with van der Waals surface area (Å²) in [5, 5.41) is 8.05. The van der Waals surface area contributed by atoms with E-state index in [0.29, 0.717) is 23.1 Å². The highest BCUT2D eigenvalue weighted by Crippen LogP contribution is 2.36. The normalized spacial score (nSPS) is 28.4. The highest BCUT2D eigenvalue weighted by atomic mass is 35.5. The van der Waals surface area contributed by atoms with Crippen molar-refractivity contribution in [2.45, 2.75) is 63.1 Å². The number of amides is 1. The first-order valence-corrected chi connectivity index (χ1v) is 10.0. The fraction of sp³-hybridized carbons (Fsp3) is 0.579. The Labute approximate surface area is 159 Å². The molecule has 2 saturated heterocycles. The summed E-state index contributed by atoms with van der Waals surface area (Å²) in [6.45, 7) is 0. The second kappa shape index (κ2) is 7.12. The Balaban J connectivity index is 1.43. The van der Waals surface area contributed by atoms with E-state index < -0.39 is 0 Å². The maximum Gasteiger partial charge on any atom is 0.223 e. The summed E-state index contributed by atoms with van der Waals surface area (Å²) >= 11 is 12.0. The van der Waals surface area contributed by atoms with Crippen LogP contribution in [0.2, 0.25) is 5.02 Å². The molecule has 0 radical (unpaired) electrons. The van der Waals surface area contributed by atoms with E-state index in [2.05, 4.69) is 15.5 Å². The third kappa shape index (κ3) is 3.77. The zero-order valence-electron chi connectivity index (χ0n) is 14.2. The average molecular weight is 378 g/mol. The maximum absolute atomic E-state index is 12.1. The predicted octanol–water partition coefficient (Wildman–Crippen LogP) is 3.95. The number of hydrogen-bond donors (Lipinski definition) is 2. The van der Waals surface area contributed by atoms with Gasteiger partial charge in [-0.25, -0.2) is 0 Å². The second-order valence-electron chi connectivity index (χ2n) is 7.51. The van der Waals surface area contributed by atoms with E-state index in [1.807, 2.05) is 24.3 Å². The van der Waals surface area contributed by atoms with Crippen LogP contribution in [0.5, 0.6) is 0 Å². The molecule has 134 valence electrons. The van der Waals surface area contributed by atoms with Crippen molar-refractivity contribution in [1.82, 2.24) is 10.2 Å². The molecule has 1 aromatic rings. The van der Waals surface area contributed by atoms with Crippen LogP contribution in [0.1, 0.15) is 44.9 Å². The summed E-state index contributed by atoms with van der Waals surface area (Å²) in [5.41, 5.74) is 0.858. The lowest BCUT2D eigenvalue weighted by Gasteiger charge is -2.50. The van der Waals surface area contributed by atoms with Gasteiger partial charge in [-0.3, -0.25) is 4.79 Å². The molecule has 2 bridgehead atoms. The number of carbonyl (C=O) groups excluding carboxylic acids is 1. The number of halogens is 1. The van der Waals surface area contributed by atoms with Crippen LogP contribution in [-0.4, -0.2) is 34.0 Å². The summed E-state index contributed by atoms with van der Waals surface area (Å²) < 4.78 is 0. The minimum absolute atomic E-state index is 0.258. The third-order valence-corrected chi connectivity index (χ3v) is 6.26. The van der Waals surface area contributed by atoms with Gasteiger partial charge in [0, 0.05) is 24.0 Å². The number of nitrogens with zero attached hydrogens (tertiary/aromatic N) is 1. The second-order valence-corrected chi connectivity index (χ2v) is 8.30. The van der Waals surface area contributed by atoms with E-state index in [1.54, 1.807) is 0 Å². The lowest BCUT2D eigenvalue weighted by atomic mass is 9.82. The molecule has 1 aromatic carbocycles. The van der Waals surface area contributed by atoms with E-state index >= 15 is 0 Å². The molecule has 4 nitrogen and oxygen atoms in total. The number of hydrogen-bond acceptors (Lipinski definition) is 2. The number of piperidine rings is 2. The lowest BCUT2D eigenvalue weighted by molar-refractivity contribution is -0.123. The molecule has 2 atom stereocenters. The number of thiocarbonyl (C=S) groups is 1. The Bertz CT molecular complexity index is 664. The van der Waals surface area contributed by atoms with Gasteiger partial charge in [-0.15, -0.1) is 0 Å². The van der Waals surface area contributed by atoms with Crippen LogP contribution in [-0.2, 0) is 4.79 Å². The van der Waals surface area contributed by atoms with Crippen molar-refractivity contribution in [3.05, 3.63) is 29.3 Å². The summed E-state index contributed by atoms with van der Waals surface area (Å²) in [6, 6.07) is 8.79. The number of carbonyl (C=O) groups is 1. The Hall–Kier alpha value is -1.33.